The summed E-state index contributed by atoms with van der Waals surface area (Å²) in [4.78, 5) is 14.0. The van der Waals surface area contributed by atoms with Gasteiger partial charge in [0.2, 0.25) is 0 Å². The monoisotopic (exact) mass is 215 g/mol. The molecule has 16 heavy (non-hydrogen) atoms. The van der Waals surface area contributed by atoms with Gasteiger partial charge in [0.25, 0.3) is 5.91 Å². The summed E-state index contributed by atoms with van der Waals surface area (Å²) in [6.45, 7) is 9.36. The Balaban J connectivity index is 2.29. The molecule has 0 aliphatic carbocycles. The second-order valence-corrected chi connectivity index (χ2v) is 4.59. The van der Waals surface area contributed by atoms with Crippen molar-refractivity contribution in [2.24, 2.45) is 0 Å². The van der Waals surface area contributed by atoms with Crippen molar-refractivity contribution >= 4 is 5.91 Å². The number of rotatable bonds is 2. The van der Waals surface area contributed by atoms with E-state index in [1.54, 1.807) is 0 Å². The Morgan fingerprint density at radius 3 is 2.94 bits per heavy atom. The minimum Gasteiger partial charge on any atom is -0.334 e. The van der Waals surface area contributed by atoms with Gasteiger partial charge in [-0.1, -0.05) is 29.8 Å². The topological polar surface area (TPSA) is 20.3 Å². The van der Waals surface area contributed by atoms with Crippen LogP contribution in [-0.4, -0.2) is 23.9 Å². The maximum absolute atomic E-state index is 12.1. The van der Waals surface area contributed by atoms with Gasteiger partial charge in [0.1, 0.15) is 0 Å². The largest absolute Gasteiger partial charge is 0.334 e. The van der Waals surface area contributed by atoms with E-state index in [1.807, 2.05) is 24.0 Å². The van der Waals surface area contributed by atoms with E-state index in [1.165, 1.54) is 11.1 Å². The molecule has 1 aromatic rings. The Kier molecular flexibility index (Phi) is 2.82. The van der Waals surface area contributed by atoms with Gasteiger partial charge >= 0.3 is 0 Å². The quantitative estimate of drug-likeness (QED) is 0.694. The van der Waals surface area contributed by atoms with Crippen LogP contribution in [0.1, 0.15) is 28.4 Å². The van der Waals surface area contributed by atoms with Gasteiger partial charge in [0, 0.05) is 18.7 Å². The number of carbonyl (C=O) groups is 1. The molecule has 2 nitrogen and oxygen atoms in total. The van der Waals surface area contributed by atoms with E-state index >= 15 is 0 Å². The second kappa shape index (κ2) is 4.12. The number of hydrogen-bond acceptors (Lipinski definition) is 1. The van der Waals surface area contributed by atoms with E-state index < -0.39 is 0 Å². The van der Waals surface area contributed by atoms with Gasteiger partial charge in [-0.25, -0.2) is 0 Å². The normalized spacial score (nSPS) is 14.9. The average molecular weight is 215 g/mol. The van der Waals surface area contributed by atoms with E-state index in [0.717, 1.165) is 24.1 Å². The van der Waals surface area contributed by atoms with Crippen LogP contribution in [0.5, 0.6) is 0 Å². The van der Waals surface area contributed by atoms with Crippen molar-refractivity contribution in [3.05, 3.63) is 47.0 Å². The molecule has 0 saturated heterocycles. The second-order valence-electron chi connectivity index (χ2n) is 4.59. The summed E-state index contributed by atoms with van der Waals surface area (Å²) in [5.74, 6) is 0.143. The zero-order valence-corrected chi connectivity index (χ0v) is 9.92. The SMILES string of the molecule is C=C(C)CN1CCc2cc(C)ccc2C1=O. The van der Waals surface area contributed by atoms with Crippen molar-refractivity contribution in [3.8, 4) is 0 Å². The Morgan fingerprint density at radius 2 is 2.25 bits per heavy atom. The Morgan fingerprint density at radius 1 is 1.50 bits per heavy atom. The van der Waals surface area contributed by atoms with Crippen LogP contribution >= 0.6 is 0 Å². The Bertz CT molecular complexity index is 448. The third-order valence-corrected chi connectivity index (χ3v) is 2.89. The number of aryl methyl sites for hydroxylation is 1. The summed E-state index contributed by atoms with van der Waals surface area (Å²) in [5, 5.41) is 0. The standard InChI is InChI=1S/C14H17NO/c1-10(2)9-15-7-6-12-8-11(3)4-5-13(12)14(15)16/h4-5,8H,1,6-7,9H2,2-3H3. The predicted octanol–water partition coefficient (Wildman–Crippen LogP) is 2.57. The molecule has 2 rings (SSSR count). The summed E-state index contributed by atoms with van der Waals surface area (Å²) in [7, 11) is 0. The highest BCUT2D eigenvalue weighted by molar-refractivity contribution is 5.97. The Labute approximate surface area is 96.6 Å². The lowest BCUT2D eigenvalue weighted by Crippen LogP contribution is -2.38. The fourth-order valence-corrected chi connectivity index (χ4v) is 2.14. The first-order valence-corrected chi connectivity index (χ1v) is 5.61. The minimum atomic E-state index is 0.143. The summed E-state index contributed by atoms with van der Waals surface area (Å²) >= 11 is 0. The summed E-state index contributed by atoms with van der Waals surface area (Å²) in [6.07, 6.45) is 0.954. The molecule has 0 N–H and O–H groups in total. The van der Waals surface area contributed by atoms with Crippen LogP contribution in [0.4, 0.5) is 0 Å². The smallest absolute Gasteiger partial charge is 0.254 e. The highest BCUT2D eigenvalue weighted by Gasteiger charge is 2.23. The maximum atomic E-state index is 12.1. The van der Waals surface area contributed by atoms with Gasteiger partial charge in [-0.15, -0.1) is 0 Å². The van der Waals surface area contributed by atoms with Crippen LogP contribution in [0.25, 0.3) is 0 Å². The number of fused-ring (bicyclic) bond motifs is 1. The molecule has 0 saturated carbocycles. The van der Waals surface area contributed by atoms with Crippen LogP contribution in [0.2, 0.25) is 0 Å². The number of nitrogens with zero attached hydrogens (tertiary/aromatic N) is 1. The molecule has 0 spiro atoms. The molecule has 0 unspecified atom stereocenters. The van der Waals surface area contributed by atoms with E-state index in [2.05, 4.69) is 19.6 Å². The zero-order chi connectivity index (χ0) is 11.7. The molecule has 0 fully saturated rings. The third kappa shape index (κ3) is 2.01. The molecule has 0 atom stereocenters. The van der Waals surface area contributed by atoms with Crippen molar-refractivity contribution in [1.82, 2.24) is 4.90 Å². The lowest BCUT2D eigenvalue weighted by molar-refractivity contribution is 0.0755. The number of amides is 1. The fraction of sp³-hybridized carbons (Fsp3) is 0.357. The van der Waals surface area contributed by atoms with E-state index in [0.29, 0.717) is 6.54 Å². The molecular formula is C14H17NO. The first-order valence-electron chi connectivity index (χ1n) is 5.61. The van der Waals surface area contributed by atoms with Crippen LogP contribution in [0.3, 0.4) is 0 Å². The zero-order valence-electron chi connectivity index (χ0n) is 9.92. The van der Waals surface area contributed by atoms with Crippen molar-refractivity contribution < 1.29 is 4.79 Å². The van der Waals surface area contributed by atoms with Gasteiger partial charge in [-0.05, 0) is 31.9 Å². The summed E-state index contributed by atoms with van der Waals surface area (Å²) in [5.41, 5.74) is 4.30. The number of hydrogen-bond donors (Lipinski definition) is 0. The molecule has 1 aliphatic heterocycles. The maximum Gasteiger partial charge on any atom is 0.254 e. The van der Waals surface area contributed by atoms with Gasteiger partial charge < -0.3 is 4.90 Å². The van der Waals surface area contributed by atoms with Crippen LogP contribution < -0.4 is 0 Å². The van der Waals surface area contributed by atoms with Crippen LogP contribution in [-0.2, 0) is 6.42 Å². The molecule has 1 aliphatic rings. The lowest BCUT2D eigenvalue weighted by atomic mass is 9.97. The third-order valence-electron chi connectivity index (χ3n) is 2.89. The van der Waals surface area contributed by atoms with Crippen molar-refractivity contribution in [3.63, 3.8) is 0 Å². The van der Waals surface area contributed by atoms with E-state index in [9.17, 15) is 4.79 Å². The van der Waals surface area contributed by atoms with Gasteiger partial charge in [-0.2, -0.15) is 0 Å². The molecule has 1 heterocycles. The summed E-state index contributed by atoms with van der Waals surface area (Å²) in [6, 6.07) is 6.06. The summed E-state index contributed by atoms with van der Waals surface area (Å²) < 4.78 is 0. The molecule has 2 heteroatoms. The fourth-order valence-electron chi connectivity index (χ4n) is 2.14. The molecule has 1 amide bonds. The van der Waals surface area contributed by atoms with E-state index in [4.69, 9.17) is 0 Å². The minimum absolute atomic E-state index is 0.143. The molecular weight excluding hydrogens is 198 g/mol. The highest BCUT2D eigenvalue weighted by atomic mass is 16.2. The van der Waals surface area contributed by atoms with Gasteiger partial charge in [0.05, 0.1) is 0 Å². The van der Waals surface area contributed by atoms with Gasteiger partial charge in [0.15, 0.2) is 0 Å². The molecule has 0 radical (unpaired) electrons. The number of benzene rings is 1. The highest BCUT2D eigenvalue weighted by Crippen LogP contribution is 2.20. The van der Waals surface area contributed by atoms with Gasteiger partial charge in [-0.3, -0.25) is 4.79 Å². The average Bonchev–Trinajstić information content (AvgIpc) is 2.22. The number of carbonyl (C=O) groups excluding carboxylic acids is 1. The molecule has 0 aromatic heterocycles. The van der Waals surface area contributed by atoms with Crippen molar-refractivity contribution in [1.29, 1.82) is 0 Å². The van der Waals surface area contributed by atoms with Crippen LogP contribution in [0.15, 0.2) is 30.4 Å². The lowest BCUT2D eigenvalue weighted by Gasteiger charge is -2.28. The molecule has 0 bridgehead atoms. The molecule has 1 aromatic carbocycles. The van der Waals surface area contributed by atoms with Crippen LogP contribution in [0, 0.1) is 6.92 Å². The van der Waals surface area contributed by atoms with Crippen molar-refractivity contribution in [2.75, 3.05) is 13.1 Å². The predicted molar refractivity (Wildman–Crippen MR) is 65.6 cm³/mol. The molecule has 84 valence electrons. The van der Waals surface area contributed by atoms with E-state index in [-0.39, 0.29) is 5.91 Å². The van der Waals surface area contributed by atoms with Crippen molar-refractivity contribution in [2.45, 2.75) is 20.3 Å². The first-order chi connectivity index (χ1) is 7.58. The first kappa shape index (κ1) is 10.9. The Hall–Kier alpha value is -1.57.